The summed E-state index contributed by atoms with van der Waals surface area (Å²) in [5.41, 5.74) is 0. The predicted molar refractivity (Wildman–Crippen MR) is 101 cm³/mol. The first-order valence-electron chi connectivity index (χ1n) is 7.58. The molecule has 3 aromatic rings. The molecule has 0 heterocycles. The first kappa shape index (κ1) is 17.8. The Kier molecular flexibility index (Phi) is 5.05. The van der Waals surface area contributed by atoms with Crippen LogP contribution in [0.15, 0.2) is 91.0 Å². The van der Waals surface area contributed by atoms with Gasteiger partial charge in [-0.2, -0.15) is 0 Å². The molecule has 0 amide bonds. The molecule has 0 aromatic heterocycles. The Hall–Kier alpha value is -2.00. The maximum atomic E-state index is 11.9. The molecular weight excluding hydrogens is 358 g/mol. The van der Waals surface area contributed by atoms with E-state index in [1.54, 1.807) is 91.0 Å². The van der Waals surface area contributed by atoms with Gasteiger partial charge in [-0.3, -0.25) is 0 Å². The molecule has 130 valence electrons. The Morgan fingerprint density at radius 2 is 1.12 bits per heavy atom. The van der Waals surface area contributed by atoms with Crippen LogP contribution in [0, 0.1) is 0 Å². The zero-order valence-corrected chi connectivity index (χ0v) is 15.1. The number of benzene rings is 3. The molecule has 0 saturated heterocycles. The third-order valence-electron chi connectivity index (χ3n) is 3.69. The Labute approximate surface area is 146 Å². The van der Waals surface area contributed by atoms with E-state index >= 15 is 0 Å². The van der Waals surface area contributed by atoms with Gasteiger partial charge in [-0.05, 0) is 0 Å². The molecule has 0 aliphatic carbocycles. The summed E-state index contributed by atoms with van der Waals surface area (Å²) in [7, 11) is -8.40. The van der Waals surface area contributed by atoms with E-state index in [0.29, 0.717) is 16.4 Å². The van der Waals surface area contributed by atoms with Crippen LogP contribution >= 0.6 is 15.5 Å². The van der Waals surface area contributed by atoms with Crippen molar-refractivity contribution in [2.45, 2.75) is 0 Å². The topological polar surface area (TPSA) is 76.0 Å². The van der Waals surface area contributed by atoms with Crippen LogP contribution in [0.4, 0.5) is 0 Å². The SMILES string of the molecule is O=[PH](O)OP(O)(Oc1ccccc1)(c1ccccc1)c1ccccc1. The molecule has 1 unspecified atom stereocenters. The third-order valence-corrected chi connectivity index (χ3v) is 8.64. The third kappa shape index (κ3) is 3.52. The molecule has 2 N–H and O–H groups in total. The average molecular weight is 376 g/mol. The summed E-state index contributed by atoms with van der Waals surface area (Å²) in [6.07, 6.45) is 0. The summed E-state index contributed by atoms with van der Waals surface area (Å²) < 4.78 is 23.1. The Morgan fingerprint density at radius 1 is 0.720 bits per heavy atom. The first-order valence-corrected chi connectivity index (χ1v) is 10.9. The van der Waals surface area contributed by atoms with Crippen molar-refractivity contribution in [3.8, 4) is 5.75 Å². The molecule has 0 saturated carbocycles. The van der Waals surface area contributed by atoms with Gasteiger partial charge in [0.25, 0.3) is 0 Å². The van der Waals surface area contributed by atoms with Crippen molar-refractivity contribution in [2.75, 3.05) is 0 Å². The minimum atomic E-state index is -4.88. The van der Waals surface area contributed by atoms with Crippen LogP contribution < -0.4 is 15.1 Å². The monoisotopic (exact) mass is 376 g/mol. The van der Waals surface area contributed by atoms with E-state index in [0.717, 1.165) is 0 Å². The molecule has 3 aromatic carbocycles. The van der Waals surface area contributed by atoms with Gasteiger partial charge >= 0.3 is 146 Å². The van der Waals surface area contributed by atoms with Crippen molar-refractivity contribution in [2.24, 2.45) is 0 Å². The van der Waals surface area contributed by atoms with Gasteiger partial charge in [0.1, 0.15) is 0 Å². The van der Waals surface area contributed by atoms with Crippen LogP contribution in [-0.2, 0) is 8.88 Å². The average Bonchev–Trinajstić information content (AvgIpc) is 2.63. The second kappa shape index (κ2) is 7.09. The fourth-order valence-electron chi connectivity index (χ4n) is 2.58. The van der Waals surface area contributed by atoms with Crippen LogP contribution in [0.5, 0.6) is 5.75 Å². The molecule has 0 fully saturated rings. The first-order chi connectivity index (χ1) is 12.0. The van der Waals surface area contributed by atoms with E-state index in [-0.39, 0.29) is 0 Å². The van der Waals surface area contributed by atoms with Gasteiger partial charge < -0.3 is 0 Å². The summed E-state index contributed by atoms with van der Waals surface area (Å²) >= 11 is 0. The quantitative estimate of drug-likeness (QED) is 0.645. The molecular formula is C18H18O5P2. The molecule has 5 nitrogen and oxygen atoms in total. The van der Waals surface area contributed by atoms with Gasteiger partial charge in [-0.25, -0.2) is 0 Å². The van der Waals surface area contributed by atoms with E-state index < -0.39 is 15.5 Å². The summed E-state index contributed by atoms with van der Waals surface area (Å²) in [6, 6.07) is 25.5. The van der Waals surface area contributed by atoms with Gasteiger partial charge in [0, 0.05) is 0 Å². The van der Waals surface area contributed by atoms with Crippen molar-refractivity contribution in [3.05, 3.63) is 91.0 Å². The zero-order chi connectivity index (χ0) is 17.8. The van der Waals surface area contributed by atoms with Crippen LogP contribution in [0.3, 0.4) is 0 Å². The van der Waals surface area contributed by atoms with Crippen molar-refractivity contribution in [3.63, 3.8) is 0 Å². The summed E-state index contributed by atoms with van der Waals surface area (Å²) in [6.45, 7) is 0. The van der Waals surface area contributed by atoms with Gasteiger partial charge in [0.15, 0.2) is 0 Å². The van der Waals surface area contributed by atoms with Gasteiger partial charge in [0.05, 0.1) is 0 Å². The zero-order valence-electron chi connectivity index (χ0n) is 13.2. The van der Waals surface area contributed by atoms with Crippen molar-refractivity contribution in [1.29, 1.82) is 0 Å². The Morgan fingerprint density at radius 3 is 1.52 bits per heavy atom. The minimum absolute atomic E-state index is 0.302. The summed E-state index contributed by atoms with van der Waals surface area (Å²) in [5, 5.41) is 0.604. The molecule has 0 bridgehead atoms. The van der Waals surface area contributed by atoms with Gasteiger partial charge in [-0.1, -0.05) is 0 Å². The summed E-state index contributed by atoms with van der Waals surface area (Å²) in [4.78, 5) is 21.5. The van der Waals surface area contributed by atoms with Crippen molar-refractivity contribution >= 4 is 26.1 Å². The molecule has 0 radical (unpaired) electrons. The molecule has 0 spiro atoms. The van der Waals surface area contributed by atoms with E-state index in [1.807, 2.05) is 0 Å². The molecule has 1 atom stereocenters. The summed E-state index contributed by atoms with van der Waals surface area (Å²) in [5.74, 6) is 0.332. The molecule has 0 aliphatic heterocycles. The molecule has 0 aliphatic rings. The van der Waals surface area contributed by atoms with E-state index in [4.69, 9.17) is 8.83 Å². The van der Waals surface area contributed by atoms with Gasteiger partial charge in [0.2, 0.25) is 0 Å². The number of hydrogen-bond donors (Lipinski definition) is 2. The predicted octanol–water partition coefficient (Wildman–Crippen LogP) is 3.41. The van der Waals surface area contributed by atoms with Gasteiger partial charge in [-0.15, -0.1) is 0 Å². The van der Waals surface area contributed by atoms with Crippen LogP contribution in [0.25, 0.3) is 0 Å². The standard InChI is InChI=1S/C18H18O5P2/c19-24(20)23-25(21,17-12-6-2-7-13-17,18-14-8-3-9-15-18)22-16-10-4-1-5-11-16/h1-15,21,24H,(H,19,20). The number of para-hydroxylation sites is 1. The van der Waals surface area contributed by atoms with Crippen LogP contribution in [0.2, 0.25) is 0 Å². The number of rotatable bonds is 6. The van der Waals surface area contributed by atoms with E-state index in [9.17, 15) is 14.4 Å². The van der Waals surface area contributed by atoms with E-state index in [1.165, 1.54) is 0 Å². The second-order valence-electron chi connectivity index (χ2n) is 5.35. The Balaban J connectivity index is 2.30. The fraction of sp³-hybridized carbons (Fsp3) is 0. The van der Waals surface area contributed by atoms with Crippen LogP contribution in [-0.4, -0.2) is 9.79 Å². The fourth-order valence-corrected chi connectivity index (χ4v) is 7.15. The molecule has 25 heavy (non-hydrogen) atoms. The second-order valence-corrected chi connectivity index (χ2v) is 9.65. The molecule has 3 rings (SSSR count). The maximum absolute atomic E-state index is 11.9. The molecule has 7 heteroatoms. The normalized spacial score (nSPS) is 14.2. The Bertz CT molecular complexity index is 817. The number of hydrogen-bond acceptors (Lipinski definition) is 4. The van der Waals surface area contributed by atoms with E-state index in [2.05, 4.69) is 0 Å². The van der Waals surface area contributed by atoms with Crippen molar-refractivity contribution in [1.82, 2.24) is 0 Å². The van der Waals surface area contributed by atoms with Crippen LogP contribution in [0.1, 0.15) is 0 Å². The van der Waals surface area contributed by atoms with Crippen molar-refractivity contribution < 1.29 is 23.2 Å².